The second-order valence-corrected chi connectivity index (χ2v) is 6.84. The Morgan fingerprint density at radius 1 is 1.45 bits per heavy atom. The molecule has 1 aliphatic rings. The van der Waals surface area contributed by atoms with Crippen LogP contribution in [0, 0.1) is 6.92 Å². The van der Waals surface area contributed by atoms with Crippen molar-refractivity contribution in [2.45, 2.75) is 12.7 Å². The quantitative estimate of drug-likeness (QED) is 0.842. The minimum absolute atomic E-state index is 0.191. The maximum atomic E-state index is 12.1. The third-order valence-electron chi connectivity index (χ3n) is 3.28. The Labute approximate surface area is 128 Å². The van der Waals surface area contributed by atoms with Crippen molar-refractivity contribution < 1.29 is 9.90 Å². The molecule has 0 atom stereocenters. The number of aryl methyl sites for hydroxylation is 1. The summed E-state index contributed by atoms with van der Waals surface area (Å²) in [7, 11) is 0. The van der Waals surface area contributed by atoms with Crippen LogP contribution in [0.25, 0.3) is 0 Å². The molecule has 0 aromatic carbocycles. The molecule has 0 bridgehead atoms. The number of piperazine rings is 1. The summed E-state index contributed by atoms with van der Waals surface area (Å²) in [6.45, 7) is 6.17. The Bertz CT molecular complexity index is 431. The smallest absolute Gasteiger partial charge is 0.232 e. The number of thiazole rings is 1. The van der Waals surface area contributed by atoms with Crippen molar-refractivity contribution >= 4 is 29.0 Å². The zero-order valence-electron chi connectivity index (χ0n) is 11.7. The van der Waals surface area contributed by atoms with Crippen molar-refractivity contribution in [3.63, 3.8) is 0 Å². The summed E-state index contributed by atoms with van der Waals surface area (Å²) < 4.78 is 0. The zero-order valence-corrected chi connectivity index (χ0v) is 13.4. The number of aliphatic hydroxyl groups is 1. The number of β-amino-alcohol motifs (C(OH)–C–C–N with tert-alkyl or cyclic N) is 1. The number of aliphatic hydroxyl groups excluding tert-OH is 1. The maximum Gasteiger partial charge on any atom is 0.232 e. The first kappa shape index (κ1) is 15.8. The molecule has 0 spiro atoms. The van der Waals surface area contributed by atoms with Gasteiger partial charge in [-0.3, -0.25) is 9.69 Å². The minimum Gasteiger partial charge on any atom is -0.395 e. The average Bonchev–Trinajstić information content (AvgIpc) is 2.85. The highest BCUT2D eigenvalue weighted by atomic mass is 32.2. The Kier molecular flexibility index (Phi) is 6.28. The van der Waals surface area contributed by atoms with Gasteiger partial charge >= 0.3 is 0 Å². The van der Waals surface area contributed by atoms with Gasteiger partial charge in [0, 0.05) is 43.9 Å². The molecule has 0 radical (unpaired) electrons. The van der Waals surface area contributed by atoms with E-state index in [4.69, 9.17) is 5.11 Å². The molecule has 7 heteroatoms. The lowest BCUT2D eigenvalue weighted by atomic mass is 10.3. The van der Waals surface area contributed by atoms with Gasteiger partial charge < -0.3 is 10.0 Å². The summed E-state index contributed by atoms with van der Waals surface area (Å²) in [5, 5.41) is 12.0. The Balaban J connectivity index is 1.65. The summed E-state index contributed by atoms with van der Waals surface area (Å²) >= 11 is 3.28. The molecular formula is C13H21N3O2S2. The van der Waals surface area contributed by atoms with Crippen LogP contribution in [0.5, 0.6) is 0 Å². The number of amides is 1. The summed E-state index contributed by atoms with van der Waals surface area (Å²) in [6.07, 6.45) is 0. The number of carbonyl (C=O) groups excluding carboxylic acids is 1. The van der Waals surface area contributed by atoms with E-state index in [0.717, 1.165) is 42.6 Å². The van der Waals surface area contributed by atoms with Gasteiger partial charge in [-0.25, -0.2) is 4.98 Å². The third-order valence-corrected chi connectivity index (χ3v) is 5.06. The number of nitrogens with zero attached hydrogens (tertiary/aromatic N) is 3. The molecule has 1 aliphatic heterocycles. The van der Waals surface area contributed by atoms with E-state index < -0.39 is 0 Å². The standard InChI is InChI=1S/C13H21N3O2S2/c1-11-14-12(9-20-11)8-19-10-13(18)16-4-2-15(3-5-16)6-7-17/h9,17H,2-8,10H2,1H3. The van der Waals surface area contributed by atoms with Gasteiger partial charge in [0.1, 0.15) is 0 Å². The number of aromatic nitrogens is 1. The highest BCUT2D eigenvalue weighted by Gasteiger charge is 2.20. The largest absolute Gasteiger partial charge is 0.395 e. The van der Waals surface area contributed by atoms with Crippen molar-refractivity contribution in [1.82, 2.24) is 14.8 Å². The van der Waals surface area contributed by atoms with Crippen molar-refractivity contribution in [2.24, 2.45) is 0 Å². The second-order valence-electron chi connectivity index (χ2n) is 4.80. The lowest BCUT2D eigenvalue weighted by Gasteiger charge is -2.34. The first-order valence-corrected chi connectivity index (χ1v) is 8.82. The molecule has 1 N–H and O–H groups in total. The molecule has 2 heterocycles. The molecular weight excluding hydrogens is 294 g/mol. The molecule has 2 rings (SSSR count). The van der Waals surface area contributed by atoms with E-state index in [1.807, 2.05) is 11.8 Å². The van der Waals surface area contributed by atoms with Gasteiger partial charge in [0.15, 0.2) is 0 Å². The number of hydrogen-bond donors (Lipinski definition) is 1. The molecule has 1 aromatic heterocycles. The lowest BCUT2D eigenvalue weighted by Crippen LogP contribution is -2.49. The summed E-state index contributed by atoms with van der Waals surface area (Å²) in [5.74, 6) is 1.54. The number of hydrogen-bond acceptors (Lipinski definition) is 6. The van der Waals surface area contributed by atoms with Crippen LogP contribution >= 0.6 is 23.1 Å². The Morgan fingerprint density at radius 3 is 2.80 bits per heavy atom. The Hall–Kier alpha value is -0.630. The van der Waals surface area contributed by atoms with Crippen molar-refractivity contribution in [3.8, 4) is 0 Å². The molecule has 1 aromatic rings. The molecule has 1 amide bonds. The van der Waals surface area contributed by atoms with Crippen LogP contribution < -0.4 is 0 Å². The van der Waals surface area contributed by atoms with Crippen LogP contribution in [0.15, 0.2) is 5.38 Å². The fourth-order valence-corrected chi connectivity index (χ4v) is 3.71. The minimum atomic E-state index is 0.191. The Morgan fingerprint density at radius 2 is 2.20 bits per heavy atom. The fraction of sp³-hybridized carbons (Fsp3) is 0.692. The van der Waals surface area contributed by atoms with Crippen LogP contribution in [-0.4, -0.2) is 70.9 Å². The van der Waals surface area contributed by atoms with E-state index in [1.54, 1.807) is 23.1 Å². The van der Waals surface area contributed by atoms with Gasteiger partial charge in [0.25, 0.3) is 0 Å². The van der Waals surface area contributed by atoms with Crippen LogP contribution in [0.1, 0.15) is 10.7 Å². The molecule has 1 fully saturated rings. The molecule has 1 saturated heterocycles. The van der Waals surface area contributed by atoms with Crippen LogP contribution in [0.4, 0.5) is 0 Å². The molecule has 5 nitrogen and oxygen atoms in total. The molecule has 112 valence electrons. The number of rotatable bonds is 6. The van der Waals surface area contributed by atoms with E-state index in [9.17, 15) is 4.79 Å². The highest BCUT2D eigenvalue weighted by molar-refractivity contribution is 7.99. The van der Waals surface area contributed by atoms with Crippen molar-refractivity contribution in [2.75, 3.05) is 45.1 Å². The summed E-state index contributed by atoms with van der Waals surface area (Å²) in [4.78, 5) is 20.6. The van der Waals surface area contributed by atoms with Crippen LogP contribution in [0.2, 0.25) is 0 Å². The van der Waals surface area contributed by atoms with Gasteiger partial charge in [-0.15, -0.1) is 23.1 Å². The first-order chi connectivity index (χ1) is 9.69. The SMILES string of the molecule is Cc1nc(CSCC(=O)N2CCN(CCO)CC2)cs1. The maximum absolute atomic E-state index is 12.1. The lowest BCUT2D eigenvalue weighted by molar-refractivity contribution is -0.130. The van der Waals surface area contributed by atoms with Gasteiger partial charge in [-0.1, -0.05) is 0 Å². The monoisotopic (exact) mass is 315 g/mol. The number of carbonyl (C=O) groups is 1. The van der Waals surface area contributed by atoms with Gasteiger partial charge in [-0.2, -0.15) is 0 Å². The topological polar surface area (TPSA) is 56.7 Å². The van der Waals surface area contributed by atoms with E-state index in [2.05, 4.69) is 15.3 Å². The van der Waals surface area contributed by atoms with Crippen LogP contribution in [-0.2, 0) is 10.5 Å². The zero-order chi connectivity index (χ0) is 14.4. The predicted molar refractivity (Wildman–Crippen MR) is 83.1 cm³/mol. The highest BCUT2D eigenvalue weighted by Crippen LogP contribution is 2.16. The number of thioether (sulfide) groups is 1. The second kappa shape index (κ2) is 7.97. The van der Waals surface area contributed by atoms with Crippen LogP contribution in [0.3, 0.4) is 0 Å². The van der Waals surface area contributed by atoms with Gasteiger partial charge in [-0.05, 0) is 6.92 Å². The van der Waals surface area contributed by atoms with Crippen molar-refractivity contribution in [3.05, 3.63) is 16.1 Å². The van der Waals surface area contributed by atoms with E-state index in [1.165, 1.54) is 0 Å². The van der Waals surface area contributed by atoms with Gasteiger partial charge in [0.2, 0.25) is 5.91 Å². The molecule has 0 aliphatic carbocycles. The first-order valence-electron chi connectivity index (χ1n) is 6.79. The average molecular weight is 315 g/mol. The summed E-state index contributed by atoms with van der Waals surface area (Å²) in [5.41, 5.74) is 1.07. The summed E-state index contributed by atoms with van der Waals surface area (Å²) in [6, 6.07) is 0. The fourth-order valence-electron chi connectivity index (χ4n) is 2.17. The molecule has 0 saturated carbocycles. The third kappa shape index (κ3) is 4.73. The van der Waals surface area contributed by atoms with Gasteiger partial charge in [0.05, 0.1) is 23.1 Å². The van der Waals surface area contributed by atoms with E-state index in [0.29, 0.717) is 12.3 Å². The molecule has 20 heavy (non-hydrogen) atoms. The normalized spacial score (nSPS) is 16.6. The van der Waals surface area contributed by atoms with E-state index in [-0.39, 0.29) is 12.5 Å². The molecule has 0 unspecified atom stereocenters. The van der Waals surface area contributed by atoms with Crippen molar-refractivity contribution in [1.29, 1.82) is 0 Å². The predicted octanol–water partition coefficient (Wildman–Crippen LogP) is 0.821. The van der Waals surface area contributed by atoms with E-state index >= 15 is 0 Å².